The first-order valence-electron chi connectivity index (χ1n) is 8.84. The van der Waals surface area contributed by atoms with E-state index < -0.39 is 5.91 Å². The zero-order chi connectivity index (χ0) is 19.4. The molecule has 1 aromatic carbocycles. The summed E-state index contributed by atoms with van der Waals surface area (Å²) in [6.07, 6.45) is 0. The summed E-state index contributed by atoms with van der Waals surface area (Å²) in [5.41, 5.74) is 6.31. The summed E-state index contributed by atoms with van der Waals surface area (Å²) in [6, 6.07) is 10.4. The van der Waals surface area contributed by atoms with E-state index in [0.717, 1.165) is 37.1 Å². The molecule has 2 amide bonds. The Morgan fingerprint density at radius 3 is 2.37 bits per heavy atom. The molecule has 0 spiro atoms. The third kappa shape index (κ3) is 5.29. The SMILES string of the molecule is C[C@H](C(=O)Nc1ccc(C(N)=O)cc1)N1CCN(Cc2ccc(Cl)s2)CC1. The lowest BCUT2D eigenvalue weighted by atomic mass is 10.1. The highest BCUT2D eigenvalue weighted by Crippen LogP contribution is 2.23. The van der Waals surface area contributed by atoms with Gasteiger partial charge in [0.15, 0.2) is 0 Å². The highest BCUT2D eigenvalue weighted by molar-refractivity contribution is 7.16. The molecule has 0 bridgehead atoms. The van der Waals surface area contributed by atoms with E-state index in [-0.39, 0.29) is 11.9 Å². The summed E-state index contributed by atoms with van der Waals surface area (Å²) in [6.45, 7) is 6.34. The molecule has 8 heteroatoms. The predicted molar refractivity (Wildman–Crippen MR) is 109 cm³/mol. The first kappa shape index (κ1) is 19.8. The van der Waals surface area contributed by atoms with Crippen molar-refractivity contribution in [2.24, 2.45) is 5.73 Å². The van der Waals surface area contributed by atoms with Gasteiger partial charge in [0.25, 0.3) is 0 Å². The Balaban J connectivity index is 1.48. The highest BCUT2D eigenvalue weighted by Gasteiger charge is 2.25. The van der Waals surface area contributed by atoms with E-state index in [4.69, 9.17) is 17.3 Å². The Labute approximate surface area is 167 Å². The van der Waals surface area contributed by atoms with E-state index in [1.165, 1.54) is 4.88 Å². The van der Waals surface area contributed by atoms with Crippen LogP contribution in [-0.2, 0) is 11.3 Å². The van der Waals surface area contributed by atoms with Crippen molar-refractivity contribution in [3.63, 3.8) is 0 Å². The van der Waals surface area contributed by atoms with Crippen molar-refractivity contribution in [3.05, 3.63) is 51.2 Å². The molecule has 144 valence electrons. The molecule has 27 heavy (non-hydrogen) atoms. The maximum Gasteiger partial charge on any atom is 0.248 e. The molecule has 6 nitrogen and oxygen atoms in total. The van der Waals surface area contributed by atoms with Crippen molar-refractivity contribution in [2.45, 2.75) is 19.5 Å². The van der Waals surface area contributed by atoms with Gasteiger partial charge in [0.05, 0.1) is 10.4 Å². The molecule has 1 aliphatic rings. The van der Waals surface area contributed by atoms with Crippen molar-refractivity contribution in [1.82, 2.24) is 9.80 Å². The van der Waals surface area contributed by atoms with Gasteiger partial charge in [0.2, 0.25) is 11.8 Å². The standard InChI is InChI=1S/C19H23ClN4O2S/c1-13(19(26)22-15-4-2-14(3-5-15)18(21)25)24-10-8-23(9-11-24)12-16-6-7-17(20)27-16/h2-7,13H,8-12H2,1H3,(H2,21,25)(H,22,26)/t13-/m1/s1. The van der Waals surface area contributed by atoms with Gasteiger partial charge in [-0.05, 0) is 43.3 Å². The van der Waals surface area contributed by atoms with Gasteiger partial charge in [-0.3, -0.25) is 19.4 Å². The summed E-state index contributed by atoms with van der Waals surface area (Å²) in [5, 5.41) is 2.90. The van der Waals surface area contributed by atoms with E-state index in [9.17, 15) is 9.59 Å². The van der Waals surface area contributed by atoms with Gasteiger partial charge >= 0.3 is 0 Å². The molecule has 3 rings (SSSR count). The van der Waals surface area contributed by atoms with Gasteiger partial charge in [-0.1, -0.05) is 11.6 Å². The van der Waals surface area contributed by atoms with Crippen molar-refractivity contribution in [3.8, 4) is 0 Å². The molecule has 0 saturated carbocycles. The van der Waals surface area contributed by atoms with Gasteiger partial charge in [0, 0.05) is 48.9 Å². The number of benzene rings is 1. The molecule has 1 fully saturated rings. The van der Waals surface area contributed by atoms with Crippen LogP contribution in [0.2, 0.25) is 4.34 Å². The number of nitrogens with zero attached hydrogens (tertiary/aromatic N) is 2. The van der Waals surface area contributed by atoms with Crippen molar-refractivity contribution >= 4 is 40.4 Å². The monoisotopic (exact) mass is 406 g/mol. The lowest BCUT2D eigenvalue weighted by Crippen LogP contribution is -2.52. The normalized spacial score (nSPS) is 16.8. The summed E-state index contributed by atoms with van der Waals surface area (Å²) in [5.74, 6) is -0.538. The Morgan fingerprint density at radius 2 is 1.81 bits per heavy atom. The lowest BCUT2D eigenvalue weighted by molar-refractivity contribution is -0.121. The number of thiophene rings is 1. The zero-order valence-corrected chi connectivity index (χ0v) is 16.7. The fraction of sp³-hybridized carbons (Fsp3) is 0.368. The molecule has 1 atom stereocenters. The van der Waals surface area contributed by atoms with E-state index in [1.54, 1.807) is 35.6 Å². The fourth-order valence-corrected chi connectivity index (χ4v) is 4.23. The van der Waals surface area contributed by atoms with Gasteiger partial charge in [-0.2, -0.15) is 0 Å². The van der Waals surface area contributed by atoms with Crippen molar-refractivity contribution < 1.29 is 9.59 Å². The number of nitrogens with one attached hydrogen (secondary N) is 1. The minimum absolute atomic E-state index is 0.0553. The first-order chi connectivity index (χ1) is 12.9. The number of carbonyl (C=O) groups is 2. The van der Waals surface area contributed by atoms with E-state index in [1.807, 2.05) is 13.0 Å². The minimum atomic E-state index is -0.482. The van der Waals surface area contributed by atoms with Crippen LogP contribution >= 0.6 is 22.9 Å². The number of primary amides is 1. The summed E-state index contributed by atoms with van der Waals surface area (Å²) < 4.78 is 0.817. The Hall–Kier alpha value is -1.93. The van der Waals surface area contributed by atoms with Crippen LogP contribution in [-0.4, -0.2) is 53.8 Å². The number of amides is 2. The van der Waals surface area contributed by atoms with Crippen molar-refractivity contribution in [2.75, 3.05) is 31.5 Å². The molecule has 1 saturated heterocycles. The molecule has 0 aliphatic carbocycles. The van der Waals surface area contributed by atoms with Crippen LogP contribution in [0.25, 0.3) is 0 Å². The number of piperazine rings is 1. The van der Waals surface area contributed by atoms with E-state index in [0.29, 0.717) is 11.3 Å². The molecule has 2 aromatic rings. The van der Waals surface area contributed by atoms with Crippen LogP contribution in [0.3, 0.4) is 0 Å². The third-order valence-corrected chi connectivity index (χ3v) is 6.00. The second kappa shape index (κ2) is 8.84. The average Bonchev–Trinajstić information content (AvgIpc) is 3.07. The Kier molecular flexibility index (Phi) is 6.49. The van der Waals surface area contributed by atoms with Gasteiger partial charge < -0.3 is 11.1 Å². The number of nitrogens with two attached hydrogens (primary N) is 1. The molecular weight excluding hydrogens is 384 g/mol. The molecule has 1 aromatic heterocycles. The van der Waals surface area contributed by atoms with Crippen LogP contribution in [0.1, 0.15) is 22.2 Å². The lowest BCUT2D eigenvalue weighted by Gasteiger charge is -2.37. The number of hydrogen-bond acceptors (Lipinski definition) is 5. The maximum atomic E-state index is 12.5. The number of halogens is 1. The summed E-state index contributed by atoms with van der Waals surface area (Å²) in [7, 11) is 0. The summed E-state index contributed by atoms with van der Waals surface area (Å²) >= 11 is 7.61. The van der Waals surface area contributed by atoms with Gasteiger partial charge in [-0.15, -0.1) is 11.3 Å². The second-order valence-electron chi connectivity index (χ2n) is 6.62. The van der Waals surface area contributed by atoms with Crippen LogP contribution in [0, 0.1) is 0 Å². The fourth-order valence-electron chi connectivity index (χ4n) is 3.10. The largest absolute Gasteiger partial charge is 0.366 e. The Bertz CT molecular complexity index is 800. The quantitative estimate of drug-likeness (QED) is 0.773. The molecule has 3 N–H and O–H groups in total. The number of carbonyl (C=O) groups excluding carboxylic acids is 2. The minimum Gasteiger partial charge on any atom is -0.366 e. The van der Waals surface area contributed by atoms with Gasteiger partial charge in [0.1, 0.15) is 0 Å². The van der Waals surface area contributed by atoms with Crippen LogP contribution in [0.4, 0.5) is 5.69 Å². The van der Waals surface area contributed by atoms with Crippen LogP contribution < -0.4 is 11.1 Å². The smallest absolute Gasteiger partial charge is 0.248 e. The molecule has 0 radical (unpaired) electrons. The average molecular weight is 407 g/mol. The number of rotatable bonds is 6. The summed E-state index contributed by atoms with van der Waals surface area (Å²) in [4.78, 5) is 29.5. The second-order valence-corrected chi connectivity index (χ2v) is 8.42. The number of hydrogen-bond donors (Lipinski definition) is 2. The third-order valence-electron chi connectivity index (χ3n) is 4.78. The first-order valence-corrected chi connectivity index (χ1v) is 10.0. The van der Waals surface area contributed by atoms with Crippen LogP contribution in [0.5, 0.6) is 0 Å². The highest BCUT2D eigenvalue weighted by atomic mass is 35.5. The topological polar surface area (TPSA) is 78.7 Å². The predicted octanol–water partition coefficient (Wildman–Crippen LogP) is 2.65. The maximum absolute atomic E-state index is 12.5. The zero-order valence-electron chi connectivity index (χ0n) is 15.2. The molecular formula is C19H23ClN4O2S. The molecule has 0 unspecified atom stereocenters. The van der Waals surface area contributed by atoms with Gasteiger partial charge in [-0.25, -0.2) is 0 Å². The van der Waals surface area contributed by atoms with E-state index in [2.05, 4.69) is 21.2 Å². The van der Waals surface area contributed by atoms with E-state index >= 15 is 0 Å². The van der Waals surface area contributed by atoms with Crippen molar-refractivity contribution in [1.29, 1.82) is 0 Å². The number of anilines is 1. The Morgan fingerprint density at radius 1 is 1.15 bits per heavy atom. The molecule has 2 heterocycles. The van der Waals surface area contributed by atoms with Crippen LogP contribution in [0.15, 0.2) is 36.4 Å². The molecule has 1 aliphatic heterocycles.